The van der Waals surface area contributed by atoms with Gasteiger partial charge in [0, 0.05) is 5.02 Å². The van der Waals surface area contributed by atoms with E-state index in [-0.39, 0.29) is 11.2 Å². The summed E-state index contributed by atoms with van der Waals surface area (Å²) in [7, 11) is 0. The molecule has 0 aromatic heterocycles. The van der Waals surface area contributed by atoms with Gasteiger partial charge in [-0.1, -0.05) is 24.4 Å². The van der Waals surface area contributed by atoms with E-state index in [1.807, 2.05) is 0 Å². The SMILES string of the molecule is N#CC1(Cc2cc(F)ccc2Cl)CCCC1. The average molecular weight is 238 g/mol. The van der Waals surface area contributed by atoms with Gasteiger partial charge in [-0.05, 0) is 43.0 Å². The first-order chi connectivity index (χ1) is 7.65. The van der Waals surface area contributed by atoms with Crippen molar-refractivity contribution in [1.29, 1.82) is 5.26 Å². The maximum absolute atomic E-state index is 13.1. The molecule has 1 aromatic rings. The summed E-state index contributed by atoms with van der Waals surface area (Å²) in [5.74, 6) is -0.287. The standard InChI is InChI=1S/C13H13ClFN/c14-12-4-3-11(15)7-10(12)8-13(9-16)5-1-2-6-13/h3-4,7H,1-2,5-6,8H2. The number of halogens is 2. The molecule has 1 aliphatic rings. The molecule has 1 fully saturated rings. The first-order valence-electron chi connectivity index (χ1n) is 5.50. The van der Waals surface area contributed by atoms with E-state index in [1.165, 1.54) is 12.1 Å². The summed E-state index contributed by atoms with van der Waals surface area (Å²) in [5, 5.41) is 9.81. The lowest BCUT2D eigenvalue weighted by atomic mass is 9.81. The summed E-state index contributed by atoms with van der Waals surface area (Å²) in [5.41, 5.74) is 0.433. The molecule has 0 aliphatic heterocycles. The van der Waals surface area contributed by atoms with Gasteiger partial charge < -0.3 is 0 Å². The molecule has 0 unspecified atom stereocenters. The highest BCUT2D eigenvalue weighted by Crippen LogP contribution is 2.41. The van der Waals surface area contributed by atoms with Crippen LogP contribution in [0, 0.1) is 22.6 Å². The Kier molecular flexibility index (Phi) is 3.16. The van der Waals surface area contributed by atoms with Crippen LogP contribution in [0.25, 0.3) is 0 Å². The fraction of sp³-hybridized carbons (Fsp3) is 0.462. The van der Waals surface area contributed by atoms with E-state index in [0.717, 1.165) is 31.2 Å². The molecule has 0 heterocycles. The maximum atomic E-state index is 13.1. The van der Waals surface area contributed by atoms with Crippen molar-refractivity contribution in [3.8, 4) is 6.07 Å². The van der Waals surface area contributed by atoms with Crippen LogP contribution < -0.4 is 0 Å². The van der Waals surface area contributed by atoms with Gasteiger partial charge in [-0.2, -0.15) is 5.26 Å². The zero-order valence-corrected chi connectivity index (χ0v) is 9.73. The van der Waals surface area contributed by atoms with Crippen LogP contribution in [0.1, 0.15) is 31.2 Å². The Morgan fingerprint density at radius 1 is 1.38 bits per heavy atom. The van der Waals surface area contributed by atoms with Gasteiger partial charge in [0.1, 0.15) is 5.82 Å². The first-order valence-corrected chi connectivity index (χ1v) is 5.88. The minimum absolute atomic E-state index is 0.287. The first kappa shape index (κ1) is 11.4. The number of nitriles is 1. The van der Waals surface area contributed by atoms with Gasteiger partial charge in [-0.15, -0.1) is 0 Å². The predicted octanol–water partition coefficient (Wildman–Crippen LogP) is 4.11. The van der Waals surface area contributed by atoms with Crippen LogP contribution in [0.2, 0.25) is 5.02 Å². The van der Waals surface area contributed by atoms with E-state index < -0.39 is 0 Å². The molecule has 84 valence electrons. The molecule has 0 spiro atoms. The quantitative estimate of drug-likeness (QED) is 0.760. The number of hydrogen-bond donors (Lipinski definition) is 0. The summed E-state index contributed by atoms with van der Waals surface area (Å²) in [6, 6.07) is 6.74. The van der Waals surface area contributed by atoms with Crippen molar-refractivity contribution in [2.45, 2.75) is 32.1 Å². The van der Waals surface area contributed by atoms with E-state index in [4.69, 9.17) is 11.6 Å². The van der Waals surface area contributed by atoms with E-state index in [2.05, 4.69) is 6.07 Å². The topological polar surface area (TPSA) is 23.8 Å². The molecule has 2 rings (SSSR count). The molecular weight excluding hydrogens is 225 g/mol. The molecule has 1 aromatic carbocycles. The summed E-state index contributed by atoms with van der Waals surface area (Å²) in [6.45, 7) is 0. The lowest BCUT2D eigenvalue weighted by molar-refractivity contribution is 0.407. The predicted molar refractivity (Wildman–Crippen MR) is 61.6 cm³/mol. The summed E-state index contributed by atoms with van der Waals surface area (Å²) < 4.78 is 13.1. The fourth-order valence-electron chi connectivity index (χ4n) is 2.42. The summed E-state index contributed by atoms with van der Waals surface area (Å²) >= 11 is 6.02. The molecule has 1 saturated carbocycles. The Bertz CT molecular complexity index is 430. The van der Waals surface area contributed by atoms with Crippen molar-refractivity contribution in [2.75, 3.05) is 0 Å². The van der Waals surface area contributed by atoms with E-state index in [9.17, 15) is 9.65 Å². The minimum atomic E-state index is -0.322. The van der Waals surface area contributed by atoms with Crippen molar-refractivity contribution in [3.63, 3.8) is 0 Å². The zero-order chi connectivity index (χ0) is 11.6. The van der Waals surface area contributed by atoms with Gasteiger partial charge in [-0.25, -0.2) is 4.39 Å². The Morgan fingerprint density at radius 3 is 2.69 bits per heavy atom. The molecule has 0 atom stereocenters. The third-order valence-corrected chi connectivity index (χ3v) is 3.70. The number of hydrogen-bond acceptors (Lipinski definition) is 1. The second-order valence-corrected chi connectivity index (χ2v) is 4.92. The van der Waals surface area contributed by atoms with Gasteiger partial charge in [-0.3, -0.25) is 0 Å². The van der Waals surface area contributed by atoms with E-state index >= 15 is 0 Å². The van der Waals surface area contributed by atoms with Gasteiger partial charge in [0.2, 0.25) is 0 Å². The number of benzene rings is 1. The van der Waals surface area contributed by atoms with Crippen molar-refractivity contribution in [2.24, 2.45) is 5.41 Å². The molecule has 16 heavy (non-hydrogen) atoms. The van der Waals surface area contributed by atoms with Crippen molar-refractivity contribution in [3.05, 3.63) is 34.6 Å². The Balaban J connectivity index is 2.26. The van der Waals surface area contributed by atoms with Crippen molar-refractivity contribution >= 4 is 11.6 Å². The maximum Gasteiger partial charge on any atom is 0.123 e. The van der Waals surface area contributed by atoms with Crippen molar-refractivity contribution in [1.82, 2.24) is 0 Å². The van der Waals surface area contributed by atoms with Gasteiger partial charge >= 0.3 is 0 Å². The molecule has 0 saturated heterocycles. The molecular formula is C13H13ClFN. The summed E-state index contributed by atoms with van der Waals surface area (Å²) in [6.07, 6.45) is 4.54. The molecule has 1 nitrogen and oxygen atoms in total. The molecule has 0 radical (unpaired) electrons. The molecule has 3 heteroatoms. The highest BCUT2D eigenvalue weighted by atomic mass is 35.5. The Morgan fingerprint density at radius 2 is 2.06 bits per heavy atom. The van der Waals surface area contributed by atoms with Crippen LogP contribution >= 0.6 is 11.6 Å². The largest absolute Gasteiger partial charge is 0.207 e. The second-order valence-electron chi connectivity index (χ2n) is 4.51. The number of rotatable bonds is 2. The van der Waals surface area contributed by atoms with E-state index in [1.54, 1.807) is 6.07 Å². The normalized spacial score (nSPS) is 18.3. The highest BCUT2D eigenvalue weighted by molar-refractivity contribution is 6.31. The molecule has 1 aliphatic carbocycles. The second kappa shape index (κ2) is 4.43. The van der Waals surface area contributed by atoms with Crippen LogP contribution in [-0.2, 0) is 6.42 Å². The third kappa shape index (κ3) is 2.20. The Hall–Kier alpha value is -1.07. The average Bonchev–Trinajstić information content (AvgIpc) is 2.73. The van der Waals surface area contributed by atoms with Gasteiger partial charge in [0.15, 0.2) is 0 Å². The van der Waals surface area contributed by atoms with Crippen LogP contribution in [0.15, 0.2) is 18.2 Å². The molecule has 0 amide bonds. The zero-order valence-electron chi connectivity index (χ0n) is 8.97. The minimum Gasteiger partial charge on any atom is -0.207 e. The van der Waals surface area contributed by atoms with E-state index in [0.29, 0.717) is 11.4 Å². The van der Waals surface area contributed by atoms with Crippen molar-refractivity contribution < 1.29 is 4.39 Å². The van der Waals surface area contributed by atoms with Crippen LogP contribution in [0.3, 0.4) is 0 Å². The smallest absolute Gasteiger partial charge is 0.123 e. The monoisotopic (exact) mass is 237 g/mol. The van der Waals surface area contributed by atoms with Crippen LogP contribution in [0.5, 0.6) is 0 Å². The Labute approximate surface area is 99.8 Å². The molecule has 0 bridgehead atoms. The highest BCUT2D eigenvalue weighted by Gasteiger charge is 2.34. The van der Waals surface area contributed by atoms with Gasteiger partial charge in [0.05, 0.1) is 11.5 Å². The summed E-state index contributed by atoms with van der Waals surface area (Å²) in [4.78, 5) is 0. The van der Waals surface area contributed by atoms with Gasteiger partial charge in [0.25, 0.3) is 0 Å². The lowest BCUT2D eigenvalue weighted by Gasteiger charge is -2.20. The third-order valence-electron chi connectivity index (χ3n) is 3.33. The number of nitrogens with zero attached hydrogens (tertiary/aromatic N) is 1. The fourth-order valence-corrected chi connectivity index (χ4v) is 2.61. The van der Waals surface area contributed by atoms with Crippen LogP contribution in [-0.4, -0.2) is 0 Å². The molecule has 0 N–H and O–H groups in total. The lowest BCUT2D eigenvalue weighted by Crippen LogP contribution is -2.17. The van der Waals surface area contributed by atoms with Crippen LogP contribution in [0.4, 0.5) is 4.39 Å².